The number of ether oxygens (including phenoxy) is 1. The van der Waals surface area contributed by atoms with E-state index in [4.69, 9.17) is 4.74 Å². The van der Waals surface area contributed by atoms with Gasteiger partial charge in [-0.3, -0.25) is 14.7 Å². The first-order chi connectivity index (χ1) is 12.5. The van der Waals surface area contributed by atoms with Crippen molar-refractivity contribution in [3.05, 3.63) is 36.0 Å². The van der Waals surface area contributed by atoms with Crippen molar-refractivity contribution < 1.29 is 19.4 Å². The number of methoxy groups -OCH3 is 1. The van der Waals surface area contributed by atoms with Crippen LogP contribution in [-0.2, 0) is 4.79 Å². The molecule has 7 heteroatoms. The third-order valence-corrected chi connectivity index (χ3v) is 5.83. The number of fused-ring (bicyclic) bond motifs is 1. The molecule has 7 nitrogen and oxygen atoms in total. The van der Waals surface area contributed by atoms with Crippen molar-refractivity contribution in [2.45, 2.75) is 19.3 Å². The molecule has 0 spiro atoms. The van der Waals surface area contributed by atoms with Crippen molar-refractivity contribution in [2.75, 3.05) is 20.2 Å². The van der Waals surface area contributed by atoms with Crippen LogP contribution in [-0.4, -0.2) is 52.3 Å². The lowest BCUT2D eigenvalue weighted by Crippen LogP contribution is -2.37. The molecule has 1 amide bonds. The molecule has 1 saturated heterocycles. The van der Waals surface area contributed by atoms with Crippen LogP contribution in [0.15, 0.2) is 30.5 Å². The normalized spacial score (nSPS) is 24.5. The van der Waals surface area contributed by atoms with Gasteiger partial charge in [-0.15, -0.1) is 0 Å². The predicted molar refractivity (Wildman–Crippen MR) is 93.9 cm³/mol. The number of carbonyl (C=O) groups excluding carboxylic acids is 1. The van der Waals surface area contributed by atoms with E-state index in [-0.39, 0.29) is 18.4 Å². The summed E-state index contributed by atoms with van der Waals surface area (Å²) in [6.45, 7) is 0.775. The number of aromatic amines is 1. The van der Waals surface area contributed by atoms with Gasteiger partial charge in [0.05, 0.1) is 30.0 Å². The number of carbonyl (C=O) groups is 2. The fourth-order valence-electron chi connectivity index (χ4n) is 4.39. The van der Waals surface area contributed by atoms with E-state index in [0.29, 0.717) is 24.2 Å². The Hall–Kier alpha value is -2.83. The summed E-state index contributed by atoms with van der Waals surface area (Å²) in [4.78, 5) is 26.6. The molecule has 0 bridgehead atoms. The molecule has 4 rings (SSSR count). The number of carboxylic acid groups (broad SMARTS) is 1. The highest BCUT2D eigenvalue weighted by atomic mass is 16.5. The van der Waals surface area contributed by atoms with Gasteiger partial charge in [0, 0.05) is 18.7 Å². The number of benzene rings is 1. The number of amides is 1. The van der Waals surface area contributed by atoms with Crippen molar-refractivity contribution in [3.63, 3.8) is 0 Å². The summed E-state index contributed by atoms with van der Waals surface area (Å²) in [5, 5.41) is 16.6. The number of likely N-dealkylation sites (tertiary alicyclic amines) is 1. The summed E-state index contributed by atoms with van der Waals surface area (Å²) >= 11 is 0. The maximum Gasteiger partial charge on any atom is 0.311 e. The maximum absolute atomic E-state index is 13.1. The number of H-pyrrole nitrogens is 1. The van der Waals surface area contributed by atoms with Gasteiger partial charge >= 0.3 is 5.97 Å². The summed E-state index contributed by atoms with van der Waals surface area (Å²) in [5.74, 6) is -0.172. The van der Waals surface area contributed by atoms with Gasteiger partial charge in [0.1, 0.15) is 5.75 Å². The van der Waals surface area contributed by atoms with E-state index in [1.165, 1.54) is 6.20 Å². The summed E-state index contributed by atoms with van der Waals surface area (Å²) in [5.41, 5.74) is 1.16. The molecule has 1 saturated carbocycles. The zero-order valence-corrected chi connectivity index (χ0v) is 14.6. The third kappa shape index (κ3) is 2.46. The third-order valence-electron chi connectivity index (χ3n) is 5.83. The average molecular weight is 355 g/mol. The van der Waals surface area contributed by atoms with E-state index >= 15 is 0 Å². The Kier molecular flexibility index (Phi) is 3.94. The van der Waals surface area contributed by atoms with Crippen LogP contribution in [0.3, 0.4) is 0 Å². The van der Waals surface area contributed by atoms with E-state index in [2.05, 4.69) is 10.2 Å². The Morgan fingerprint density at radius 2 is 2.12 bits per heavy atom. The summed E-state index contributed by atoms with van der Waals surface area (Å²) in [7, 11) is 1.60. The molecule has 2 fully saturated rings. The lowest BCUT2D eigenvalue weighted by Gasteiger charge is -2.23. The number of hydrogen-bond acceptors (Lipinski definition) is 4. The van der Waals surface area contributed by atoms with Crippen LogP contribution in [0.4, 0.5) is 0 Å². The quantitative estimate of drug-likeness (QED) is 0.878. The van der Waals surface area contributed by atoms with Crippen LogP contribution in [0.5, 0.6) is 5.75 Å². The van der Waals surface area contributed by atoms with Gasteiger partial charge in [0.15, 0.2) is 0 Å². The average Bonchev–Trinajstić information content (AvgIpc) is 3.35. The number of carboxylic acids is 1. The fourth-order valence-corrected chi connectivity index (χ4v) is 4.39. The number of aromatic nitrogens is 2. The molecule has 2 aromatic rings. The Balaban J connectivity index is 1.60. The van der Waals surface area contributed by atoms with Crippen LogP contribution in [0.1, 0.15) is 29.6 Å². The molecular weight excluding hydrogens is 334 g/mol. The highest BCUT2D eigenvalue weighted by molar-refractivity contribution is 6.00. The molecule has 1 aliphatic heterocycles. The molecule has 2 atom stereocenters. The van der Waals surface area contributed by atoms with Gasteiger partial charge in [-0.25, -0.2) is 0 Å². The van der Waals surface area contributed by atoms with Crippen molar-refractivity contribution in [1.29, 1.82) is 0 Å². The van der Waals surface area contributed by atoms with E-state index in [0.717, 1.165) is 24.2 Å². The molecule has 0 radical (unpaired) electrons. The number of aliphatic carboxylic acids is 1. The van der Waals surface area contributed by atoms with Gasteiger partial charge in [-0.1, -0.05) is 6.42 Å². The lowest BCUT2D eigenvalue weighted by molar-refractivity contribution is -0.149. The Labute approximate surface area is 151 Å². The Bertz CT molecular complexity index is 845. The van der Waals surface area contributed by atoms with Gasteiger partial charge < -0.3 is 14.7 Å². The van der Waals surface area contributed by atoms with Crippen LogP contribution < -0.4 is 4.74 Å². The first-order valence-electron chi connectivity index (χ1n) is 8.75. The van der Waals surface area contributed by atoms with Gasteiger partial charge in [-0.05, 0) is 43.0 Å². The topological polar surface area (TPSA) is 95.5 Å². The van der Waals surface area contributed by atoms with Gasteiger partial charge in [0.25, 0.3) is 5.91 Å². The van der Waals surface area contributed by atoms with E-state index in [1.54, 1.807) is 12.0 Å². The molecule has 136 valence electrons. The van der Waals surface area contributed by atoms with E-state index in [9.17, 15) is 14.7 Å². The van der Waals surface area contributed by atoms with Crippen molar-refractivity contribution >= 4 is 11.9 Å². The second-order valence-corrected chi connectivity index (χ2v) is 7.12. The standard InChI is InChI=1S/C19H21N3O4/c1-26-14-6-4-12(5-7-14)16-15(9-20-21-16)17(23)22-10-13-3-2-8-19(13,11-22)18(24)25/h4-7,9,13H,2-3,8,10-11H2,1H3,(H,20,21)(H,24,25)/t13-,19+/m0/s1. The number of hydrogen-bond donors (Lipinski definition) is 2. The Morgan fingerprint density at radius 1 is 1.35 bits per heavy atom. The molecule has 1 aromatic heterocycles. The fraction of sp³-hybridized carbons (Fsp3) is 0.421. The van der Waals surface area contributed by atoms with Crippen LogP contribution >= 0.6 is 0 Å². The zero-order chi connectivity index (χ0) is 18.3. The SMILES string of the molecule is COc1ccc(-c2[nH]ncc2C(=O)N2C[C@@H]3CCC[C@@]3(C(=O)O)C2)cc1. The minimum absolute atomic E-state index is 0.0419. The largest absolute Gasteiger partial charge is 0.497 e. The number of nitrogens with zero attached hydrogens (tertiary/aromatic N) is 2. The predicted octanol–water partition coefficient (Wildman–Crippen LogP) is 2.41. The second-order valence-electron chi connectivity index (χ2n) is 7.12. The molecule has 1 aromatic carbocycles. The molecular formula is C19H21N3O4. The zero-order valence-electron chi connectivity index (χ0n) is 14.6. The minimum atomic E-state index is -0.780. The molecule has 1 aliphatic carbocycles. The first kappa shape index (κ1) is 16.6. The Morgan fingerprint density at radius 3 is 2.77 bits per heavy atom. The summed E-state index contributed by atoms with van der Waals surface area (Å²) < 4.78 is 5.16. The number of rotatable bonds is 4. The molecule has 0 unspecified atom stereocenters. The molecule has 2 N–H and O–H groups in total. The van der Waals surface area contributed by atoms with Gasteiger partial charge in [-0.2, -0.15) is 5.10 Å². The van der Waals surface area contributed by atoms with Gasteiger partial charge in [0.2, 0.25) is 0 Å². The first-order valence-corrected chi connectivity index (χ1v) is 8.75. The highest BCUT2D eigenvalue weighted by Gasteiger charge is 2.56. The molecule has 2 aliphatic rings. The lowest BCUT2D eigenvalue weighted by atomic mass is 9.81. The van der Waals surface area contributed by atoms with Crippen molar-refractivity contribution in [1.82, 2.24) is 15.1 Å². The molecule has 26 heavy (non-hydrogen) atoms. The minimum Gasteiger partial charge on any atom is -0.497 e. The van der Waals surface area contributed by atoms with E-state index in [1.807, 2.05) is 24.3 Å². The summed E-state index contributed by atoms with van der Waals surface area (Å²) in [6, 6.07) is 7.37. The highest BCUT2D eigenvalue weighted by Crippen LogP contribution is 2.49. The number of nitrogens with one attached hydrogen (secondary N) is 1. The smallest absolute Gasteiger partial charge is 0.311 e. The van der Waals surface area contributed by atoms with Crippen LogP contribution in [0.2, 0.25) is 0 Å². The van der Waals surface area contributed by atoms with E-state index < -0.39 is 11.4 Å². The molecule has 2 heterocycles. The summed E-state index contributed by atoms with van der Waals surface area (Å²) in [6.07, 6.45) is 3.95. The van der Waals surface area contributed by atoms with Crippen LogP contribution in [0, 0.1) is 11.3 Å². The van der Waals surface area contributed by atoms with Crippen molar-refractivity contribution in [2.24, 2.45) is 11.3 Å². The maximum atomic E-state index is 13.1. The second kappa shape index (κ2) is 6.16. The van der Waals surface area contributed by atoms with Crippen molar-refractivity contribution in [3.8, 4) is 17.0 Å². The monoisotopic (exact) mass is 355 g/mol. The van der Waals surface area contributed by atoms with Crippen LogP contribution in [0.25, 0.3) is 11.3 Å².